The van der Waals surface area contributed by atoms with Crippen molar-refractivity contribution in [2.45, 2.75) is 26.9 Å². The van der Waals surface area contributed by atoms with Gasteiger partial charge in [-0.25, -0.2) is 9.59 Å². The second-order valence-electron chi connectivity index (χ2n) is 4.88. The van der Waals surface area contributed by atoms with Crippen molar-refractivity contribution in [2.24, 2.45) is 5.41 Å². The van der Waals surface area contributed by atoms with Crippen LogP contribution >= 0.6 is 0 Å². The largest absolute Gasteiger partial charge is 0.466 e. The third-order valence-electron chi connectivity index (χ3n) is 3.49. The monoisotopic (exact) mass is 358 g/mol. The number of rotatable bonds is 7. The molecule has 0 aromatic heterocycles. The van der Waals surface area contributed by atoms with Crippen molar-refractivity contribution in [2.75, 3.05) is 33.5 Å². The smallest absolute Gasteiger partial charge is 0.337 e. The van der Waals surface area contributed by atoms with Gasteiger partial charge in [-0.15, -0.1) is 0 Å². The lowest BCUT2D eigenvalue weighted by molar-refractivity contribution is -0.182. The van der Waals surface area contributed by atoms with Crippen LogP contribution in [-0.4, -0.2) is 63.5 Å². The molecule has 9 heteroatoms. The Balaban J connectivity index is 3.55. The highest BCUT2D eigenvalue weighted by atomic mass is 16.6. The van der Waals surface area contributed by atoms with E-state index in [1.54, 1.807) is 6.92 Å². The van der Waals surface area contributed by atoms with Crippen molar-refractivity contribution >= 4 is 23.9 Å². The molecule has 1 heterocycles. The van der Waals surface area contributed by atoms with Gasteiger partial charge < -0.3 is 23.7 Å². The molecular weight excluding hydrogens is 336 g/mol. The highest BCUT2D eigenvalue weighted by Gasteiger charge is 2.65. The Morgan fingerprint density at radius 1 is 1.04 bits per heavy atom. The van der Waals surface area contributed by atoms with E-state index in [-0.39, 0.29) is 32.0 Å². The average molecular weight is 358 g/mol. The minimum absolute atomic E-state index is 0.0104. The molecule has 1 atom stereocenters. The van der Waals surface area contributed by atoms with Gasteiger partial charge in [0.2, 0.25) is 5.41 Å². The average Bonchev–Trinajstić information content (AvgIpc) is 2.95. The van der Waals surface area contributed by atoms with E-state index in [4.69, 9.17) is 18.9 Å². The van der Waals surface area contributed by atoms with Crippen LogP contribution in [0, 0.1) is 5.41 Å². The van der Waals surface area contributed by atoms with Gasteiger partial charge in [-0.2, -0.15) is 0 Å². The van der Waals surface area contributed by atoms with Crippen LogP contribution < -0.4 is 0 Å². The molecule has 140 valence electrons. The number of methoxy groups -OCH3 is 1. The molecular formula is C16H22O9. The van der Waals surface area contributed by atoms with Gasteiger partial charge in [0.1, 0.15) is 0 Å². The van der Waals surface area contributed by atoms with E-state index in [9.17, 15) is 19.2 Å². The first-order chi connectivity index (χ1) is 11.9. The van der Waals surface area contributed by atoms with Crippen LogP contribution in [0.2, 0.25) is 0 Å². The van der Waals surface area contributed by atoms with E-state index >= 15 is 0 Å². The molecule has 9 nitrogen and oxygen atoms in total. The van der Waals surface area contributed by atoms with Gasteiger partial charge >= 0.3 is 23.9 Å². The maximum absolute atomic E-state index is 12.7. The first-order valence-corrected chi connectivity index (χ1v) is 7.81. The number of esters is 4. The van der Waals surface area contributed by atoms with Gasteiger partial charge in [-0.3, -0.25) is 9.59 Å². The fourth-order valence-electron chi connectivity index (χ4n) is 2.45. The number of hydrogen-bond acceptors (Lipinski definition) is 9. The summed E-state index contributed by atoms with van der Waals surface area (Å²) in [4.78, 5) is 49.3. The Labute approximate surface area is 145 Å². The molecule has 1 saturated heterocycles. The van der Waals surface area contributed by atoms with Crippen LogP contribution in [0.3, 0.4) is 0 Å². The van der Waals surface area contributed by atoms with E-state index in [1.165, 1.54) is 13.8 Å². The molecule has 0 bridgehead atoms. The second-order valence-corrected chi connectivity index (χ2v) is 4.88. The summed E-state index contributed by atoms with van der Waals surface area (Å²) < 4.78 is 24.7. The lowest BCUT2D eigenvalue weighted by atomic mass is 9.76. The first-order valence-electron chi connectivity index (χ1n) is 7.81. The zero-order valence-corrected chi connectivity index (χ0v) is 14.7. The lowest BCUT2D eigenvalue weighted by Crippen LogP contribution is -2.52. The SMILES string of the molecule is CCOC(=O)C1OC/C(=C/C(=O)OC)C1(C(=O)OCC)C(=O)OCC. The van der Waals surface area contributed by atoms with Gasteiger partial charge in [0.05, 0.1) is 33.5 Å². The molecule has 0 N–H and O–H groups in total. The minimum atomic E-state index is -2.26. The normalized spacial score (nSPS) is 20.0. The highest BCUT2D eigenvalue weighted by molar-refractivity contribution is 6.10. The number of ether oxygens (including phenoxy) is 5. The number of carbonyl (C=O) groups is 4. The Morgan fingerprint density at radius 3 is 2.00 bits per heavy atom. The van der Waals surface area contributed by atoms with Gasteiger partial charge in [0.15, 0.2) is 6.10 Å². The Bertz CT molecular complexity index is 546. The summed E-state index contributed by atoms with van der Waals surface area (Å²) in [6.45, 7) is 4.20. The van der Waals surface area contributed by atoms with E-state index < -0.39 is 35.4 Å². The van der Waals surface area contributed by atoms with E-state index in [0.29, 0.717) is 0 Å². The predicted octanol–water partition coefficient (Wildman–Crippen LogP) is 0.160. The number of carbonyl (C=O) groups excluding carboxylic acids is 4. The summed E-state index contributed by atoms with van der Waals surface area (Å²) in [6, 6.07) is 0. The third kappa shape index (κ3) is 3.98. The molecule has 1 rings (SSSR count). The summed E-state index contributed by atoms with van der Waals surface area (Å²) >= 11 is 0. The minimum Gasteiger partial charge on any atom is -0.466 e. The Kier molecular flexibility index (Phi) is 7.56. The van der Waals surface area contributed by atoms with Crippen LogP contribution in [0.1, 0.15) is 20.8 Å². The van der Waals surface area contributed by atoms with E-state index in [0.717, 1.165) is 13.2 Å². The molecule has 0 amide bonds. The van der Waals surface area contributed by atoms with Crippen LogP contribution in [0.5, 0.6) is 0 Å². The van der Waals surface area contributed by atoms with E-state index in [2.05, 4.69) is 4.74 Å². The maximum atomic E-state index is 12.7. The van der Waals surface area contributed by atoms with Crippen LogP contribution in [0.15, 0.2) is 11.6 Å². The summed E-state index contributed by atoms with van der Waals surface area (Å²) in [7, 11) is 1.13. The Hall–Kier alpha value is -2.42. The van der Waals surface area contributed by atoms with Gasteiger partial charge in [-0.05, 0) is 26.3 Å². The summed E-state index contributed by atoms with van der Waals surface area (Å²) in [5, 5.41) is 0. The molecule has 1 unspecified atom stereocenters. The standard InChI is InChI=1S/C16H22O9/c1-5-22-13(18)12-16(14(19)23-6-2,15(20)24-7-3)10(9-25-12)8-11(17)21-4/h8,12H,5-7,9H2,1-4H3/b10-8-. The molecule has 1 aliphatic heterocycles. The quantitative estimate of drug-likeness (QED) is 0.272. The van der Waals surface area contributed by atoms with Crippen molar-refractivity contribution in [1.82, 2.24) is 0 Å². The van der Waals surface area contributed by atoms with Crippen molar-refractivity contribution in [3.05, 3.63) is 11.6 Å². The van der Waals surface area contributed by atoms with Crippen molar-refractivity contribution in [3.63, 3.8) is 0 Å². The molecule has 0 radical (unpaired) electrons. The summed E-state index contributed by atoms with van der Waals surface area (Å²) in [5.74, 6) is -3.86. The molecule has 0 aliphatic carbocycles. The van der Waals surface area contributed by atoms with Crippen molar-refractivity contribution in [3.8, 4) is 0 Å². The molecule has 0 aromatic carbocycles. The van der Waals surface area contributed by atoms with Gasteiger partial charge in [0.25, 0.3) is 0 Å². The Morgan fingerprint density at radius 2 is 1.56 bits per heavy atom. The van der Waals surface area contributed by atoms with Crippen molar-refractivity contribution < 1.29 is 42.9 Å². The zero-order valence-electron chi connectivity index (χ0n) is 14.7. The molecule has 0 spiro atoms. The topological polar surface area (TPSA) is 114 Å². The fourth-order valence-corrected chi connectivity index (χ4v) is 2.45. The van der Waals surface area contributed by atoms with Gasteiger partial charge in [-0.1, -0.05) is 0 Å². The predicted molar refractivity (Wildman–Crippen MR) is 82.2 cm³/mol. The van der Waals surface area contributed by atoms with Crippen molar-refractivity contribution in [1.29, 1.82) is 0 Å². The summed E-state index contributed by atoms with van der Waals surface area (Å²) in [6.07, 6.45) is -0.700. The second kappa shape index (κ2) is 9.16. The molecule has 25 heavy (non-hydrogen) atoms. The van der Waals surface area contributed by atoms with E-state index in [1.807, 2.05) is 0 Å². The van der Waals surface area contributed by atoms with Gasteiger partial charge in [0, 0.05) is 6.08 Å². The molecule has 1 aliphatic rings. The van der Waals surface area contributed by atoms with Crippen LogP contribution in [0.4, 0.5) is 0 Å². The first kappa shape index (κ1) is 20.6. The fraction of sp³-hybridized carbons (Fsp3) is 0.625. The maximum Gasteiger partial charge on any atom is 0.337 e. The number of hydrogen-bond donors (Lipinski definition) is 0. The van der Waals surface area contributed by atoms with Crippen LogP contribution in [0.25, 0.3) is 0 Å². The van der Waals surface area contributed by atoms with Crippen LogP contribution in [-0.2, 0) is 42.9 Å². The third-order valence-corrected chi connectivity index (χ3v) is 3.49. The zero-order chi connectivity index (χ0) is 19.0. The lowest BCUT2D eigenvalue weighted by Gasteiger charge is -2.28. The molecule has 1 fully saturated rings. The molecule has 0 saturated carbocycles. The molecule has 0 aromatic rings. The highest BCUT2D eigenvalue weighted by Crippen LogP contribution is 2.43. The summed E-state index contributed by atoms with van der Waals surface area (Å²) in [5.41, 5.74) is -2.35.